The number of hydrogen-bond acceptors (Lipinski definition) is 6. The fraction of sp³-hybridized carbons (Fsp3) is 0.0769. The standard InChI is InChI=1S/C13H11N3O5S.Na.H/c1-21-12-7-11(17)10(6-13(12)22(18,19)20)16-14-8-4-2-3-5-9(8)15-16;;/h2-7,17H,1H3,(H,18,19,20);;/q;+1;-1. The summed E-state index contributed by atoms with van der Waals surface area (Å²) in [6.07, 6.45) is 0. The predicted molar refractivity (Wildman–Crippen MR) is 78.0 cm³/mol. The van der Waals surface area contributed by atoms with E-state index in [9.17, 15) is 18.1 Å². The molecule has 0 aliphatic heterocycles. The maximum Gasteiger partial charge on any atom is 1.00 e. The number of methoxy groups -OCH3 is 1. The van der Waals surface area contributed by atoms with E-state index >= 15 is 0 Å². The van der Waals surface area contributed by atoms with Crippen molar-refractivity contribution in [3.05, 3.63) is 36.4 Å². The number of hydrogen-bond donors (Lipinski definition) is 2. The Balaban J connectivity index is 0.00000144. The average Bonchev–Trinajstić information content (AvgIpc) is 2.89. The number of ether oxygens (including phenoxy) is 1. The average molecular weight is 345 g/mol. The topological polar surface area (TPSA) is 115 Å². The molecule has 2 N–H and O–H groups in total. The van der Waals surface area contributed by atoms with Gasteiger partial charge in [0.05, 0.1) is 7.11 Å². The summed E-state index contributed by atoms with van der Waals surface area (Å²) in [4.78, 5) is 0.609. The van der Waals surface area contributed by atoms with Gasteiger partial charge in [-0.1, -0.05) is 12.1 Å². The Morgan fingerprint density at radius 3 is 2.22 bits per heavy atom. The van der Waals surface area contributed by atoms with Gasteiger partial charge in [-0.3, -0.25) is 4.55 Å². The Labute approximate surface area is 155 Å². The van der Waals surface area contributed by atoms with E-state index in [2.05, 4.69) is 10.2 Å². The van der Waals surface area contributed by atoms with Crippen LogP contribution in [-0.4, -0.2) is 40.2 Å². The second kappa shape index (κ2) is 6.46. The van der Waals surface area contributed by atoms with Crippen molar-refractivity contribution >= 4 is 21.2 Å². The molecular formula is C13H12N3NaO5S. The number of rotatable bonds is 3. The van der Waals surface area contributed by atoms with E-state index in [-0.39, 0.29) is 48.2 Å². The zero-order valence-electron chi connectivity index (χ0n) is 13.3. The second-order valence-electron chi connectivity index (χ2n) is 4.45. The summed E-state index contributed by atoms with van der Waals surface area (Å²) in [5, 5.41) is 18.3. The molecule has 23 heavy (non-hydrogen) atoms. The SMILES string of the molecule is COc1cc(O)c(-n2nc3ccccc3n2)cc1S(=O)(=O)O.[H-].[Na+]. The van der Waals surface area contributed by atoms with Gasteiger partial charge in [-0.2, -0.15) is 8.42 Å². The first-order valence-corrected chi connectivity index (χ1v) is 7.55. The van der Waals surface area contributed by atoms with Crippen LogP contribution in [0.3, 0.4) is 0 Å². The van der Waals surface area contributed by atoms with Crippen LogP contribution in [-0.2, 0) is 10.1 Å². The minimum atomic E-state index is -4.53. The van der Waals surface area contributed by atoms with Crippen molar-refractivity contribution in [2.45, 2.75) is 4.90 Å². The Bertz CT molecular complexity index is 944. The first kappa shape index (κ1) is 17.7. The summed E-state index contributed by atoms with van der Waals surface area (Å²) in [6.45, 7) is 0. The molecule has 2 aromatic carbocycles. The van der Waals surface area contributed by atoms with Crippen LogP contribution in [0.2, 0.25) is 0 Å². The summed E-state index contributed by atoms with van der Waals surface area (Å²) in [7, 11) is -3.30. The minimum Gasteiger partial charge on any atom is -1.00 e. The largest absolute Gasteiger partial charge is 1.00 e. The molecule has 10 heteroatoms. The summed E-state index contributed by atoms with van der Waals surface area (Å²) in [5.41, 5.74) is 1.15. The fourth-order valence-electron chi connectivity index (χ4n) is 2.03. The number of phenolic OH excluding ortho intramolecular Hbond substituents is 1. The Morgan fingerprint density at radius 2 is 1.74 bits per heavy atom. The molecule has 0 saturated heterocycles. The van der Waals surface area contributed by atoms with Crippen LogP contribution in [0.4, 0.5) is 0 Å². The molecule has 0 unspecified atom stereocenters. The first-order chi connectivity index (χ1) is 10.4. The van der Waals surface area contributed by atoms with Gasteiger partial charge < -0.3 is 11.3 Å². The zero-order chi connectivity index (χ0) is 15.9. The molecule has 0 fully saturated rings. The quantitative estimate of drug-likeness (QED) is 0.438. The smallest absolute Gasteiger partial charge is 1.00 e. The monoisotopic (exact) mass is 345 g/mol. The number of aromatic nitrogens is 3. The third-order valence-electron chi connectivity index (χ3n) is 3.04. The van der Waals surface area contributed by atoms with E-state index in [1.807, 2.05) is 0 Å². The maximum absolute atomic E-state index is 11.4. The van der Waals surface area contributed by atoms with E-state index in [1.54, 1.807) is 24.3 Å². The third-order valence-corrected chi connectivity index (χ3v) is 3.92. The molecule has 0 atom stereocenters. The van der Waals surface area contributed by atoms with Gasteiger partial charge in [0, 0.05) is 6.07 Å². The van der Waals surface area contributed by atoms with Crippen LogP contribution in [0.25, 0.3) is 16.7 Å². The van der Waals surface area contributed by atoms with Gasteiger partial charge in [0.1, 0.15) is 33.1 Å². The summed E-state index contributed by atoms with van der Waals surface area (Å²) in [6, 6.07) is 9.12. The molecule has 0 saturated carbocycles. The third kappa shape index (κ3) is 3.33. The van der Waals surface area contributed by atoms with Crippen molar-refractivity contribution in [2.75, 3.05) is 7.11 Å². The number of phenols is 1. The normalized spacial score (nSPS) is 11.2. The van der Waals surface area contributed by atoms with E-state index in [1.165, 1.54) is 7.11 Å². The molecule has 0 aliphatic carbocycles. The van der Waals surface area contributed by atoms with Gasteiger partial charge in [0.25, 0.3) is 10.1 Å². The number of fused-ring (bicyclic) bond motifs is 1. The molecule has 3 rings (SSSR count). The van der Waals surface area contributed by atoms with Gasteiger partial charge in [0.15, 0.2) is 0 Å². The number of aromatic hydroxyl groups is 1. The molecule has 0 aliphatic rings. The molecule has 0 spiro atoms. The maximum atomic E-state index is 11.4. The first-order valence-electron chi connectivity index (χ1n) is 6.11. The van der Waals surface area contributed by atoms with Gasteiger partial charge in [0.2, 0.25) is 0 Å². The van der Waals surface area contributed by atoms with Crippen LogP contribution in [0.1, 0.15) is 1.43 Å². The molecular weight excluding hydrogens is 333 g/mol. The van der Waals surface area contributed by atoms with Crippen LogP contribution in [0.15, 0.2) is 41.3 Å². The van der Waals surface area contributed by atoms with Gasteiger partial charge >= 0.3 is 29.6 Å². The molecule has 0 amide bonds. The van der Waals surface area contributed by atoms with Gasteiger partial charge in [-0.05, 0) is 18.2 Å². The minimum absolute atomic E-state index is 0. The van der Waals surface area contributed by atoms with Crippen LogP contribution in [0.5, 0.6) is 11.5 Å². The van der Waals surface area contributed by atoms with Crippen LogP contribution >= 0.6 is 0 Å². The van der Waals surface area contributed by atoms with Crippen molar-refractivity contribution in [1.29, 1.82) is 0 Å². The Kier molecular flexibility index (Phi) is 4.97. The molecule has 0 bridgehead atoms. The van der Waals surface area contributed by atoms with Gasteiger partial charge in [-0.25, -0.2) is 0 Å². The summed E-state index contributed by atoms with van der Waals surface area (Å²) in [5.74, 6) is -0.468. The van der Waals surface area contributed by atoms with Crippen molar-refractivity contribution < 1.29 is 53.8 Å². The van der Waals surface area contributed by atoms with Crippen molar-refractivity contribution in [3.63, 3.8) is 0 Å². The molecule has 1 aromatic heterocycles. The molecule has 1 heterocycles. The molecule has 8 nitrogen and oxygen atoms in total. The van der Waals surface area contributed by atoms with Crippen LogP contribution < -0.4 is 34.3 Å². The summed E-state index contributed by atoms with van der Waals surface area (Å²) < 4.78 is 37.0. The van der Waals surface area contributed by atoms with E-state index in [0.29, 0.717) is 11.0 Å². The van der Waals surface area contributed by atoms with E-state index in [0.717, 1.165) is 16.9 Å². The van der Waals surface area contributed by atoms with E-state index in [4.69, 9.17) is 4.74 Å². The van der Waals surface area contributed by atoms with E-state index < -0.39 is 15.0 Å². The Morgan fingerprint density at radius 1 is 1.17 bits per heavy atom. The molecule has 3 aromatic rings. The molecule has 116 valence electrons. The van der Waals surface area contributed by atoms with Crippen LogP contribution in [0, 0.1) is 0 Å². The second-order valence-corrected chi connectivity index (χ2v) is 5.83. The summed E-state index contributed by atoms with van der Waals surface area (Å²) >= 11 is 0. The van der Waals surface area contributed by atoms with Crippen molar-refractivity contribution in [2.24, 2.45) is 0 Å². The zero-order valence-corrected chi connectivity index (χ0v) is 15.1. The molecule has 0 radical (unpaired) electrons. The van der Waals surface area contributed by atoms with Gasteiger partial charge in [-0.15, -0.1) is 15.0 Å². The predicted octanol–water partition coefficient (Wildman–Crippen LogP) is -1.50. The number of nitrogens with zero attached hydrogens (tertiary/aromatic N) is 3. The van der Waals surface area contributed by atoms with Crippen molar-refractivity contribution in [1.82, 2.24) is 15.0 Å². The van der Waals surface area contributed by atoms with Crippen molar-refractivity contribution in [3.8, 4) is 17.2 Å². The fourth-order valence-corrected chi connectivity index (χ4v) is 2.68. The number of benzene rings is 2. The Hall–Kier alpha value is -1.65.